The summed E-state index contributed by atoms with van der Waals surface area (Å²) in [6, 6.07) is 102. The Balaban J connectivity index is 0.959. The van der Waals surface area contributed by atoms with Crippen molar-refractivity contribution in [3.05, 3.63) is 279 Å². The lowest BCUT2D eigenvalue weighted by Gasteiger charge is -2.28. The van der Waals surface area contributed by atoms with Crippen LogP contribution in [0.2, 0.25) is 0 Å². The highest BCUT2D eigenvalue weighted by Gasteiger charge is 2.21. The largest absolute Gasteiger partial charge is 0.310 e. The van der Waals surface area contributed by atoms with Crippen LogP contribution < -0.4 is 4.90 Å². The molecule has 0 saturated heterocycles. The fourth-order valence-corrected chi connectivity index (χ4v) is 10.6. The molecule has 2 nitrogen and oxygen atoms in total. The number of rotatable bonds is 9. The van der Waals surface area contributed by atoms with E-state index >= 15 is 0 Å². The summed E-state index contributed by atoms with van der Waals surface area (Å²) in [5, 5.41) is 7.44. The van der Waals surface area contributed by atoms with E-state index in [0.717, 1.165) is 39.4 Å². The van der Waals surface area contributed by atoms with Crippen molar-refractivity contribution in [3.63, 3.8) is 0 Å². The maximum Gasteiger partial charge on any atom is 0.0547 e. The van der Waals surface area contributed by atoms with Crippen molar-refractivity contribution >= 4 is 60.4 Å². The molecular weight excluding hydrogens is 845 g/mol. The number of anilines is 3. The zero-order valence-corrected chi connectivity index (χ0v) is 38.5. The van der Waals surface area contributed by atoms with E-state index in [1.165, 1.54) is 82.3 Å². The van der Waals surface area contributed by atoms with Gasteiger partial charge in [-0.1, -0.05) is 200 Å². The zero-order valence-electron chi connectivity index (χ0n) is 38.5. The molecule has 2 heteroatoms. The van der Waals surface area contributed by atoms with E-state index in [0.29, 0.717) is 0 Å². The molecule has 13 rings (SSSR count). The highest BCUT2D eigenvalue weighted by Crippen LogP contribution is 2.45. The number of benzene rings is 12. The number of aromatic nitrogens is 1. The fourth-order valence-electron chi connectivity index (χ4n) is 10.6. The molecule has 0 aliphatic carbocycles. The SMILES string of the molecule is c1ccc(-c2cc(-c3ccccc3)cc(-c3ccc(N(c4ccc5c(ccc6ccccc65)c4)c4ccccc4-c4cccc(-c5cccc6c5c5ccccc5n6-c5ccccc5)c4)cc3)c2)cc1. The van der Waals surface area contributed by atoms with Crippen LogP contribution in [0.5, 0.6) is 0 Å². The van der Waals surface area contributed by atoms with Crippen LogP contribution in [0.25, 0.3) is 105 Å². The Labute approximate surface area is 408 Å². The van der Waals surface area contributed by atoms with Gasteiger partial charge in [-0.15, -0.1) is 0 Å². The fraction of sp³-hybridized carbons (Fsp3) is 0. The van der Waals surface area contributed by atoms with E-state index in [4.69, 9.17) is 0 Å². The van der Waals surface area contributed by atoms with Crippen LogP contribution in [0.1, 0.15) is 0 Å². The minimum Gasteiger partial charge on any atom is -0.310 e. The first-order chi connectivity index (χ1) is 34.7. The lowest BCUT2D eigenvalue weighted by molar-refractivity contribution is 1.18. The van der Waals surface area contributed by atoms with Crippen molar-refractivity contribution in [2.24, 2.45) is 0 Å². The van der Waals surface area contributed by atoms with E-state index < -0.39 is 0 Å². The quantitative estimate of drug-likeness (QED) is 0.131. The first-order valence-corrected chi connectivity index (χ1v) is 24.1. The van der Waals surface area contributed by atoms with Crippen LogP contribution in [0.4, 0.5) is 17.1 Å². The van der Waals surface area contributed by atoms with Crippen molar-refractivity contribution in [1.82, 2.24) is 4.57 Å². The average Bonchev–Trinajstić information content (AvgIpc) is 3.79. The van der Waals surface area contributed by atoms with Gasteiger partial charge in [-0.2, -0.15) is 0 Å². The predicted octanol–water partition coefficient (Wildman–Crippen LogP) is 18.9. The van der Waals surface area contributed by atoms with Crippen LogP contribution in [-0.4, -0.2) is 4.57 Å². The minimum atomic E-state index is 1.08. The molecule has 13 aromatic rings. The van der Waals surface area contributed by atoms with E-state index in [2.05, 4.69) is 289 Å². The molecule has 1 aromatic heterocycles. The Morgan fingerprint density at radius 3 is 1.47 bits per heavy atom. The van der Waals surface area contributed by atoms with Gasteiger partial charge in [0.15, 0.2) is 0 Å². The number of para-hydroxylation sites is 3. The van der Waals surface area contributed by atoms with Gasteiger partial charge in [0, 0.05) is 33.4 Å². The third kappa shape index (κ3) is 7.31. The van der Waals surface area contributed by atoms with Gasteiger partial charge in [0.25, 0.3) is 0 Å². The molecule has 12 aromatic carbocycles. The van der Waals surface area contributed by atoms with E-state index in [-0.39, 0.29) is 0 Å². The molecule has 0 atom stereocenters. The lowest BCUT2D eigenvalue weighted by atomic mass is 9.93. The molecule has 70 heavy (non-hydrogen) atoms. The van der Waals surface area contributed by atoms with Gasteiger partial charge in [-0.05, 0) is 150 Å². The molecule has 0 unspecified atom stereocenters. The molecule has 0 amide bonds. The summed E-state index contributed by atoms with van der Waals surface area (Å²) < 4.78 is 2.39. The Kier molecular flexibility index (Phi) is 10.2. The number of hydrogen-bond acceptors (Lipinski definition) is 1. The molecule has 0 aliphatic heterocycles. The highest BCUT2D eigenvalue weighted by molar-refractivity contribution is 6.16. The summed E-state index contributed by atoms with van der Waals surface area (Å²) in [5.74, 6) is 0. The lowest BCUT2D eigenvalue weighted by Crippen LogP contribution is -2.11. The van der Waals surface area contributed by atoms with Crippen molar-refractivity contribution in [1.29, 1.82) is 0 Å². The predicted molar refractivity (Wildman–Crippen MR) is 298 cm³/mol. The summed E-state index contributed by atoms with van der Waals surface area (Å²) in [6.45, 7) is 0. The maximum atomic E-state index is 2.43. The standard InChI is InChI=1S/C68H46N2/c1-4-18-47(19-5-1)54-43-55(48-20-6-2-7-21-48)45-56(44-54)49-36-38-58(39-37-49)69(59-40-41-61-53(46-59)35-34-50-22-10-11-27-60(50)61)65-31-14-12-28-62(65)51-23-16-24-52(42-51)63-30-17-33-67-68(63)64-29-13-15-32-66(64)70(67)57-25-8-3-9-26-57/h1-46H. The van der Waals surface area contributed by atoms with Crippen molar-refractivity contribution in [3.8, 4) is 61.3 Å². The Bertz CT molecular complexity index is 3980. The summed E-state index contributed by atoms with van der Waals surface area (Å²) in [4.78, 5) is 2.43. The summed E-state index contributed by atoms with van der Waals surface area (Å²) in [7, 11) is 0. The Morgan fingerprint density at radius 2 is 0.743 bits per heavy atom. The topological polar surface area (TPSA) is 8.17 Å². The van der Waals surface area contributed by atoms with Crippen molar-refractivity contribution in [2.45, 2.75) is 0 Å². The third-order valence-electron chi connectivity index (χ3n) is 13.9. The second-order valence-electron chi connectivity index (χ2n) is 18.1. The Hall–Kier alpha value is -9.24. The summed E-state index contributed by atoms with van der Waals surface area (Å²) >= 11 is 0. The van der Waals surface area contributed by atoms with Crippen LogP contribution in [0.3, 0.4) is 0 Å². The maximum absolute atomic E-state index is 2.43. The molecule has 0 fully saturated rings. The van der Waals surface area contributed by atoms with E-state index in [1.54, 1.807) is 0 Å². The molecule has 0 radical (unpaired) electrons. The Morgan fingerprint density at radius 1 is 0.257 bits per heavy atom. The van der Waals surface area contributed by atoms with Crippen LogP contribution in [-0.2, 0) is 0 Å². The zero-order chi connectivity index (χ0) is 46.4. The van der Waals surface area contributed by atoms with Crippen molar-refractivity contribution < 1.29 is 0 Å². The van der Waals surface area contributed by atoms with Crippen LogP contribution in [0, 0.1) is 0 Å². The van der Waals surface area contributed by atoms with Crippen LogP contribution >= 0.6 is 0 Å². The second kappa shape index (κ2) is 17.4. The van der Waals surface area contributed by atoms with Gasteiger partial charge in [-0.3, -0.25) is 0 Å². The summed E-state index contributed by atoms with van der Waals surface area (Å²) in [5.41, 5.74) is 18.6. The molecule has 0 aliphatic rings. The highest BCUT2D eigenvalue weighted by atomic mass is 15.1. The second-order valence-corrected chi connectivity index (χ2v) is 18.1. The van der Waals surface area contributed by atoms with Gasteiger partial charge in [-0.25, -0.2) is 0 Å². The minimum absolute atomic E-state index is 1.08. The monoisotopic (exact) mass is 890 g/mol. The molecule has 0 bridgehead atoms. The molecular formula is C68H46N2. The first-order valence-electron chi connectivity index (χ1n) is 24.1. The molecule has 0 spiro atoms. The number of hydrogen-bond donors (Lipinski definition) is 0. The van der Waals surface area contributed by atoms with Gasteiger partial charge in [0.2, 0.25) is 0 Å². The van der Waals surface area contributed by atoms with Gasteiger partial charge >= 0.3 is 0 Å². The molecule has 0 N–H and O–H groups in total. The van der Waals surface area contributed by atoms with E-state index in [9.17, 15) is 0 Å². The van der Waals surface area contributed by atoms with Crippen molar-refractivity contribution in [2.75, 3.05) is 4.90 Å². The molecule has 0 saturated carbocycles. The van der Waals surface area contributed by atoms with E-state index in [1.807, 2.05) is 0 Å². The van der Waals surface area contributed by atoms with Gasteiger partial charge < -0.3 is 9.47 Å². The normalized spacial score (nSPS) is 11.4. The smallest absolute Gasteiger partial charge is 0.0547 e. The molecule has 1 heterocycles. The number of fused-ring (bicyclic) bond motifs is 6. The van der Waals surface area contributed by atoms with Crippen LogP contribution in [0.15, 0.2) is 279 Å². The summed E-state index contributed by atoms with van der Waals surface area (Å²) in [6.07, 6.45) is 0. The average molecular weight is 891 g/mol. The van der Waals surface area contributed by atoms with Gasteiger partial charge in [0.1, 0.15) is 0 Å². The van der Waals surface area contributed by atoms with Gasteiger partial charge in [0.05, 0.1) is 16.7 Å². The third-order valence-corrected chi connectivity index (χ3v) is 13.9. The molecule has 328 valence electrons. The number of nitrogens with zero attached hydrogens (tertiary/aromatic N) is 2. The first kappa shape index (κ1) is 41.0.